The Morgan fingerprint density at radius 1 is 0.829 bits per heavy atom. The van der Waals surface area contributed by atoms with Gasteiger partial charge in [-0.3, -0.25) is 4.79 Å². The minimum Gasteiger partial charge on any atom is -0.497 e. The van der Waals surface area contributed by atoms with Gasteiger partial charge in [-0.25, -0.2) is 10.2 Å². The van der Waals surface area contributed by atoms with Crippen molar-refractivity contribution >= 4 is 18.1 Å². The zero-order chi connectivity index (χ0) is 25.0. The maximum Gasteiger partial charge on any atom is 0.343 e. The molecule has 1 amide bonds. The van der Waals surface area contributed by atoms with E-state index in [0.29, 0.717) is 40.7 Å². The highest BCUT2D eigenvalue weighted by Gasteiger charge is 2.13. The van der Waals surface area contributed by atoms with Crippen LogP contribution in [0.2, 0.25) is 0 Å². The fraction of sp³-hybridized carbons (Fsp3) is 0.192. The third kappa shape index (κ3) is 7.50. The van der Waals surface area contributed by atoms with E-state index in [2.05, 4.69) is 10.5 Å². The Kier molecular flexibility index (Phi) is 9.07. The number of amides is 1. The van der Waals surface area contributed by atoms with E-state index in [1.807, 2.05) is 6.92 Å². The largest absolute Gasteiger partial charge is 0.497 e. The number of carbonyl (C=O) groups is 2. The van der Waals surface area contributed by atoms with Crippen LogP contribution in [-0.4, -0.2) is 45.5 Å². The lowest BCUT2D eigenvalue weighted by Gasteiger charge is -2.11. The second-order valence-electron chi connectivity index (χ2n) is 7.01. The summed E-state index contributed by atoms with van der Waals surface area (Å²) < 4.78 is 26.7. The topological polar surface area (TPSA) is 105 Å². The molecule has 0 saturated carbocycles. The number of ether oxygens (including phenoxy) is 5. The molecule has 182 valence electrons. The molecule has 3 aromatic carbocycles. The van der Waals surface area contributed by atoms with Gasteiger partial charge in [-0.1, -0.05) is 0 Å². The van der Waals surface area contributed by atoms with Crippen LogP contribution in [0.25, 0.3) is 0 Å². The van der Waals surface area contributed by atoms with Crippen molar-refractivity contribution in [1.29, 1.82) is 0 Å². The van der Waals surface area contributed by atoms with Gasteiger partial charge in [0.15, 0.2) is 18.1 Å². The van der Waals surface area contributed by atoms with E-state index in [9.17, 15) is 9.59 Å². The van der Waals surface area contributed by atoms with E-state index in [1.54, 1.807) is 80.9 Å². The summed E-state index contributed by atoms with van der Waals surface area (Å²) in [6.07, 6.45) is 1.45. The standard InChI is InChI=1S/C26H26N2O7/c1-4-33-24-15-18(5-14-23(24)35-26(30)19-6-8-20(31-2)9-7-19)16-27-28-25(29)17-34-22-12-10-21(32-3)11-13-22/h5-16H,4,17H2,1-3H3,(H,28,29)/b27-16-. The Bertz CT molecular complexity index is 1160. The molecule has 1 N–H and O–H groups in total. The maximum absolute atomic E-state index is 12.5. The average Bonchev–Trinajstić information content (AvgIpc) is 2.89. The summed E-state index contributed by atoms with van der Waals surface area (Å²) in [5.41, 5.74) is 3.40. The highest BCUT2D eigenvalue weighted by molar-refractivity contribution is 5.92. The Balaban J connectivity index is 1.57. The molecule has 0 saturated heterocycles. The highest BCUT2D eigenvalue weighted by atomic mass is 16.6. The van der Waals surface area contributed by atoms with Crippen molar-refractivity contribution in [2.24, 2.45) is 5.10 Å². The van der Waals surface area contributed by atoms with Crippen LogP contribution in [0.3, 0.4) is 0 Å². The molecule has 0 aliphatic carbocycles. The Hall–Kier alpha value is -4.53. The van der Waals surface area contributed by atoms with Crippen LogP contribution < -0.4 is 29.1 Å². The molecule has 0 radical (unpaired) electrons. The molecule has 9 heteroatoms. The number of rotatable bonds is 11. The lowest BCUT2D eigenvalue weighted by atomic mass is 10.2. The highest BCUT2D eigenvalue weighted by Crippen LogP contribution is 2.29. The van der Waals surface area contributed by atoms with Gasteiger partial charge in [-0.15, -0.1) is 0 Å². The number of hydrazone groups is 1. The second kappa shape index (κ2) is 12.6. The number of hydrogen-bond acceptors (Lipinski definition) is 8. The number of hydrogen-bond donors (Lipinski definition) is 1. The van der Waals surface area contributed by atoms with E-state index in [0.717, 1.165) is 0 Å². The molecule has 0 aromatic heterocycles. The van der Waals surface area contributed by atoms with E-state index in [1.165, 1.54) is 6.21 Å². The summed E-state index contributed by atoms with van der Waals surface area (Å²) in [5, 5.41) is 3.94. The van der Waals surface area contributed by atoms with Crippen molar-refractivity contribution in [3.8, 4) is 28.7 Å². The first-order valence-electron chi connectivity index (χ1n) is 10.7. The molecule has 0 aliphatic rings. The third-order valence-electron chi connectivity index (χ3n) is 4.63. The summed E-state index contributed by atoms with van der Waals surface area (Å²) in [6.45, 7) is 1.99. The minimum atomic E-state index is -0.529. The Morgan fingerprint density at radius 2 is 1.46 bits per heavy atom. The first-order valence-corrected chi connectivity index (χ1v) is 10.7. The van der Waals surface area contributed by atoms with Gasteiger partial charge < -0.3 is 23.7 Å². The van der Waals surface area contributed by atoms with Crippen LogP contribution in [-0.2, 0) is 4.79 Å². The predicted octanol–water partition coefficient (Wildman–Crippen LogP) is 3.85. The molecule has 3 rings (SSSR count). The molecular weight excluding hydrogens is 452 g/mol. The van der Waals surface area contributed by atoms with Crippen LogP contribution >= 0.6 is 0 Å². The number of carbonyl (C=O) groups excluding carboxylic acids is 2. The molecule has 9 nitrogen and oxygen atoms in total. The molecule has 0 heterocycles. The summed E-state index contributed by atoms with van der Waals surface area (Å²) in [5.74, 6) is 1.55. The van der Waals surface area contributed by atoms with Gasteiger partial charge in [0.25, 0.3) is 5.91 Å². The van der Waals surface area contributed by atoms with Gasteiger partial charge in [0, 0.05) is 0 Å². The summed E-state index contributed by atoms with van der Waals surface area (Å²) in [4.78, 5) is 24.5. The first kappa shape index (κ1) is 25.1. The number of nitrogens with one attached hydrogen (secondary N) is 1. The second-order valence-corrected chi connectivity index (χ2v) is 7.01. The maximum atomic E-state index is 12.5. The SMILES string of the molecule is CCOc1cc(/C=N\NC(=O)COc2ccc(OC)cc2)ccc1OC(=O)c1ccc(OC)cc1. The number of methoxy groups -OCH3 is 2. The fourth-order valence-electron chi connectivity index (χ4n) is 2.88. The summed E-state index contributed by atoms with van der Waals surface area (Å²) in [7, 11) is 3.12. The van der Waals surface area contributed by atoms with Crippen molar-refractivity contribution in [2.75, 3.05) is 27.4 Å². The zero-order valence-electron chi connectivity index (χ0n) is 19.6. The first-order chi connectivity index (χ1) is 17.0. The monoisotopic (exact) mass is 478 g/mol. The van der Waals surface area contributed by atoms with Gasteiger partial charge in [-0.05, 0) is 79.2 Å². The van der Waals surface area contributed by atoms with Crippen LogP contribution in [0.5, 0.6) is 28.7 Å². The molecule has 0 unspecified atom stereocenters. The van der Waals surface area contributed by atoms with Crippen molar-refractivity contribution in [1.82, 2.24) is 5.43 Å². The van der Waals surface area contributed by atoms with Crippen LogP contribution in [0, 0.1) is 0 Å². The Morgan fingerprint density at radius 3 is 2.09 bits per heavy atom. The third-order valence-corrected chi connectivity index (χ3v) is 4.63. The van der Waals surface area contributed by atoms with Gasteiger partial charge >= 0.3 is 5.97 Å². The van der Waals surface area contributed by atoms with Crippen LogP contribution in [0.15, 0.2) is 71.8 Å². The van der Waals surface area contributed by atoms with Crippen molar-refractivity contribution in [2.45, 2.75) is 6.92 Å². The molecule has 3 aromatic rings. The van der Waals surface area contributed by atoms with Gasteiger partial charge in [0.2, 0.25) is 0 Å². The van der Waals surface area contributed by atoms with Crippen molar-refractivity contribution in [3.63, 3.8) is 0 Å². The quantitative estimate of drug-likeness (QED) is 0.193. The minimum absolute atomic E-state index is 0.200. The van der Waals surface area contributed by atoms with Gasteiger partial charge in [0.1, 0.15) is 17.2 Å². The molecule has 0 bridgehead atoms. The molecule has 0 aliphatic heterocycles. The van der Waals surface area contributed by atoms with Crippen LogP contribution in [0.4, 0.5) is 0 Å². The summed E-state index contributed by atoms with van der Waals surface area (Å²) >= 11 is 0. The number of nitrogens with zero attached hydrogens (tertiary/aromatic N) is 1. The van der Waals surface area contributed by atoms with Crippen molar-refractivity contribution < 1.29 is 33.3 Å². The number of esters is 1. The zero-order valence-corrected chi connectivity index (χ0v) is 19.6. The normalized spacial score (nSPS) is 10.5. The Labute approximate surface area is 203 Å². The predicted molar refractivity (Wildman–Crippen MR) is 130 cm³/mol. The van der Waals surface area contributed by atoms with Gasteiger partial charge in [0.05, 0.1) is 32.6 Å². The molecule has 0 fully saturated rings. The molecular formula is C26H26N2O7. The molecule has 0 spiro atoms. The fourth-order valence-corrected chi connectivity index (χ4v) is 2.88. The van der Waals surface area contributed by atoms with E-state index >= 15 is 0 Å². The van der Waals surface area contributed by atoms with Crippen LogP contribution in [0.1, 0.15) is 22.8 Å². The smallest absolute Gasteiger partial charge is 0.343 e. The number of benzene rings is 3. The summed E-state index contributed by atoms with van der Waals surface area (Å²) in [6, 6.07) is 18.4. The van der Waals surface area contributed by atoms with E-state index in [4.69, 9.17) is 23.7 Å². The van der Waals surface area contributed by atoms with Gasteiger partial charge in [-0.2, -0.15) is 5.10 Å². The lowest BCUT2D eigenvalue weighted by Crippen LogP contribution is -2.24. The molecule has 0 atom stereocenters. The van der Waals surface area contributed by atoms with E-state index < -0.39 is 11.9 Å². The average molecular weight is 479 g/mol. The molecule has 35 heavy (non-hydrogen) atoms. The van der Waals surface area contributed by atoms with E-state index in [-0.39, 0.29) is 12.4 Å². The van der Waals surface area contributed by atoms with Crippen molar-refractivity contribution in [3.05, 3.63) is 77.9 Å². The lowest BCUT2D eigenvalue weighted by molar-refractivity contribution is -0.123.